The highest BCUT2D eigenvalue weighted by molar-refractivity contribution is 7.88. The van der Waals surface area contributed by atoms with Crippen molar-refractivity contribution in [3.8, 4) is 11.4 Å². The predicted octanol–water partition coefficient (Wildman–Crippen LogP) is 0.942. The molecule has 20 heavy (non-hydrogen) atoms. The van der Waals surface area contributed by atoms with Crippen LogP contribution < -0.4 is 4.72 Å². The predicted molar refractivity (Wildman–Crippen MR) is 78.1 cm³/mol. The van der Waals surface area contributed by atoms with Crippen LogP contribution in [0.5, 0.6) is 0 Å². The lowest BCUT2D eigenvalue weighted by Gasteiger charge is -2.07. The van der Waals surface area contributed by atoms with Crippen molar-refractivity contribution < 1.29 is 8.42 Å². The third-order valence-corrected chi connectivity index (χ3v) is 3.64. The summed E-state index contributed by atoms with van der Waals surface area (Å²) in [5.74, 6) is 0.697. The van der Waals surface area contributed by atoms with Crippen LogP contribution in [0.1, 0.15) is 6.42 Å². The summed E-state index contributed by atoms with van der Waals surface area (Å²) in [5.41, 5.74) is 0.857. The Morgan fingerprint density at radius 1 is 1.50 bits per heavy atom. The standard InChI is InChI=1S/C11H15N5O2S2/c1-20(17,18)13-6-3-7-16-10(14-15-11(16)19)9-4-2-5-12-8-9/h2,4-5,8,13H,3,6-7H2,1H3,(H,15,19). The maximum Gasteiger partial charge on any atom is 0.208 e. The van der Waals surface area contributed by atoms with Crippen molar-refractivity contribution in [1.82, 2.24) is 24.5 Å². The monoisotopic (exact) mass is 313 g/mol. The van der Waals surface area contributed by atoms with E-state index in [0.717, 1.165) is 11.8 Å². The van der Waals surface area contributed by atoms with Gasteiger partial charge in [0.1, 0.15) is 0 Å². The van der Waals surface area contributed by atoms with Crippen LogP contribution in [-0.2, 0) is 16.6 Å². The van der Waals surface area contributed by atoms with Crippen molar-refractivity contribution in [3.05, 3.63) is 29.3 Å². The number of nitrogens with zero attached hydrogens (tertiary/aromatic N) is 3. The summed E-state index contributed by atoms with van der Waals surface area (Å²) in [6.45, 7) is 0.931. The number of H-pyrrole nitrogens is 1. The maximum atomic E-state index is 11.0. The number of aromatic amines is 1. The second kappa shape index (κ2) is 6.25. The number of rotatable bonds is 6. The number of nitrogens with one attached hydrogen (secondary N) is 2. The Bertz CT molecular complexity index is 721. The zero-order valence-corrected chi connectivity index (χ0v) is 12.5. The summed E-state index contributed by atoms with van der Waals surface area (Å²) >= 11 is 5.18. The smallest absolute Gasteiger partial charge is 0.208 e. The van der Waals surface area contributed by atoms with Gasteiger partial charge in [-0.15, -0.1) is 0 Å². The van der Waals surface area contributed by atoms with Gasteiger partial charge in [0.05, 0.1) is 6.26 Å². The summed E-state index contributed by atoms with van der Waals surface area (Å²) in [4.78, 5) is 4.05. The molecule has 2 aromatic heterocycles. The molecular weight excluding hydrogens is 298 g/mol. The second-order valence-corrected chi connectivity index (χ2v) is 6.49. The van der Waals surface area contributed by atoms with Gasteiger partial charge in [-0.25, -0.2) is 13.1 Å². The van der Waals surface area contributed by atoms with Crippen LogP contribution in [0.2, 0.25) is 0 Å². The third-order valence-electron chi connectivity index (χ3n) is 2.60. The molecule has 0 spiro atoms. The number of pyridine rings is 1. The van der Waals surface area contributed by atoms with Gasteiger partial charge in [0.25, 0.3) is 0 Å². The molecule has 7 nitrogen and oxygen atoms in total. The first-order valence-corrected chi connectivity index (χ1v) is 8.27. The number of aromatic nitrogens is 4. The van der Waals surface area contributed by atoms with Crippen molar-refractivity contribution in [2.75, 3.05) is 12.8 Å². The average molecular weight is 313 g/mol. The van der Waals surface area contributed by atoms with Gasteiger partial charge in [-0.2, -0.15) is 5.10 Å². The lowest BCUT2D eigenvalue weighted by Crippen LogP contribution is -2.24. The zero-order valence-electron chi connectivity index (χ0n) is 10.9. The summed E-state index contributed by atoms with van der Waals surface area (Å²) in [5, 5.41) is 6.92. The van der Waals surface area contributed by atoms with Gasteiger partial charge in [-0.3, -0.25) is 10.1 Å². The Kier molecular flexibility index (Phi) is 4.63. The van der Waals surface area contributed by atoms with Crippen LogP contribution in [-0.4, -0.2) is 41.0 Å². The molecule has 2 heterocycles. The minimum absolute atomic E-state index is 0.359. The Labute approximate surface area is 122 Å². The SMILES string of the molecule is CS(=O)(=O)NCCCn1c(-c2cccnc2)n[nH]c1=S. The van der Waals surface area contributed by atoms with Gasteiger partial charge in [0.2, 0.25) is 10.0 Å². The highest BCUT2D eigenvalue weighted by Crippen LogP contribution is 2.15. The molecule has 0 fully saturated rings. The van der Waals surface area contributed by atoms with E-state index in [9.17, 15) is 8.42 Å². The quantitative estimate of drug-likeness (QED) is 0.611. The van der Waals surface area contributed by atoms with E-state index in [1.807, 2.05) is 16.7 Å². The van der Waals surface area contributed by atoms with Gasteiger partial charge in [0.15, 0.2) is 10.6 Å². The molecule has 0 saturated carbocycles. The second-order valence-electron chi connectivity index (χ2n) is 4.27. The van der Waals surface area contributed by atoms with Crippen molar-refractivity contribution in [1.29, 1.82) is 0 Å². The summed E-state index contributed by atoms with van der Waals surface area (Å²) in [6, 6.07) is 3.71. The van der Waals surface area contributed by atoms with Gasteiger partial charge in [0, 0.05) is 31.0 Å². The number of hydrogen-bond donors (Lipinski definition) is 2. The maximum absolute atomic E-state index is 11.0. The fourth-order valence-corrected chi connectivity index (χ4v) is 2.47. The molecule has 0 aromatic carbocycles. The summed E-state index contributed by atoms with van der Waals surface area (Å²) in [6.07, 6.45) is 5.15. The topological polar surface area (TPSA) is 92.7 Å². The largest absolute Gasteiger partial charge is 0.300 e. The fourth-order valence-electron chi connectivity index (χ4n) is 1.74. The van der Waals surface area contributed by atoms with Gasteiger partial charge in [-0.1, -0.05) is 0 Å². The van der Waals surface area contributed by atoms with Crippen LogP contribution in [0, 0.1) is 4.77 Å². The lowest BCUT2D eigenvalue weighted by molar-refractivity contribution is 0.575. The first-order chi connectivity index (χ1) is 9.47. The van der Waals surface area contributed by atoms with E-state index in [2.05, 4.69) is 19.9 Å². The molecule has 0 amide bonds. The van der Waals surface area contributed by atoms with Crippen LogP contribution in [0.3, 0.4) is 0 Å². The molecule has 0 aliphatic heterocycles. The molecule has 108 valence electrons. The molecule has 0 atom stereocenters. The van der Waals surface area contributed by atoms with Gasteiger partial charge in [-0.05, 0) is 30.8 Å². The van der Waals surface area contributed by atoms with Gasteiger partial charge < -0.3 is 4.57 Å². The molecule has 2 rings (SSSR count). The molecule has 0 aliphatic carbocycles. The van der Waals surface area contributed by atoms with Crippen molar-refractivity contribution in [3.63, 3.8) is 0 Å². The molecule has 2 aromatic rings. The normalized spacial score (nSPS) is 11.7. The van der Waals surface area contributed by atoms with E-state index >= 15 is 0 Å². The molecule has 0 unspecified atom stereocenters. The molecule has 9 heteroatoms. The Morgan fingerprint density at radius 3 is 2.95 bits per heavy atom. The van der Waals surface area contributed by atoms with Crippen LogP contribution >= 0.6 is 12.2 Å². The number of sulfonamides is 1. The number of hydrogen-bond acceptors (Lipinski definition) is 5. The van der Waals surface area contributed by atoms with Gasteiger partial charge >= 0.3 is 0 Å². The van der Waals surface area contributed by atoms with E-state index < -0.39 is 10.0 Å². The van der Waals surface area contributed by atoms with E-state index in [4.69, 9.17) is 12.2 Å². The van der Waals surface area contributed by atoms with Crippen molar-refractivity contribution >= 4 is 22.2 Å². The van der Waals surface area contributed by atoms with Crippen molar-refractivity contribution in [2.45, 2.75) is 13.0 Å². The van der Waals surface area contributed by atoms with Crippen molar-refractivity contribution in [2.24, 2.45) is 0 Å². The van der Waals surface area contributed by atoms with E-state index in [1.54, 1.807) is 12.4 Å². The fraction of sp³-hybridized carbons (Fsp3) is 0.364. The summed E-state index contributed by atoms with van der Waals surface area (Å²) < 4.78 is 26.7. The summed E-state index contributed by atoms with van der Waals surface area (Å²) in [7, 11) is -3.16. The first-order valence-electron chi connectivity index (χ1n) is 5.97. The average Bonchev–Trinajstić information content (AvgIpc) is 2.76. The highest BCUT2D eigenvalue weighted by atomic mass is 32.2. The van der Waals surface area contributed by atoms with E-state index in [0.29, 0.717) is 30.1 Å². The molecule has 2 N–H and O–H groups in total. The Hall–Kier alpha value is -1.58. The van der Waals surface area contributed by atoms with E-state index in [1.165, 1.54) is 0 Å². The van der Waals surface area contributed by atoms with E-state index in [-0.39, 0.29) is 0 Å². The van der Waals surface area contributed by atoms with Crippen LogP contribution in [0.25, 0.3) is 11.4 Å². The minimum Gasteiger partial charge on any atom is -0.300 e. The lowest BCUT2D eigenvalue weighted by atomic mass is 10.2. The Morgan fingerprint density at radius 2 is 2.30 bits per heavy atom. The molecule has 0 saturated heterocycles. The molecular formula is C11H15N5O2S2. The van der Waals surface area contributed by atoms with Crippen LogP contribution in [0.4, 0.5) is 0 Å². The Balaban J connectivity index is 2.09. The molecule has 0 bridgehead atoms. The minimum atomic E-state index is -3.16. The first kappa shape index (κ1) is 14.8. The van der Waals surface area contributed by atoms with Crippen LogP contribution in [0.15, 0.2) is 24.5 Å². The highest BCUT2D eigenvalue weighted by Gasteiger charge is 2.08. The zero-order chi connectivity index (χ0) is 14.6. The molecule has 0 aliphatic rings. The molecule has 0 radical (unpaired) electrons. The third kappa shape index (κ3) is 3.95.